The van der Waals surface area contributed by atoms with Crippen LogP contribution in [-0.4, -0.2) is 46.5 Å². The molecule has 0 spiro atoms. The van der Waals surface area contributed by atoms with Gasteiger partial charge in [0.2, 0.25) is 5.91 Å². The molecule has 150 valence electrons. The lowest BCUT2D eigenvalue weighted by molar-refractivity contribution is -0.119. The molecule has 0 aliphatic carbocycles. The molecule has 1 aromatic carbocycles. The van der Waals surface area contributed by atoms with Crippen molar-refractivity contribution in [3.63, 3.8) is 0 Å². The molecule has 0 radical (unpaired) electrons. The highest BCUT2D eigenvalue weighted by atomic mass is 16.5. The first-order valence-electron chi connectivity index (χ1n) is 8.81. The Morgan fingerprint density at radius 1 is 1.21 bits per heavy atom. The van der Waals surface area contributed by atoms with E-state index in [2.05, 4.69) is 25.6 Å². The summed E-state index contributed by atoms with van der Waals surface area (Å²) in [6.07, 6.45) is 3.38. The van der Waals surface area contributed by atoms with E-state index in [-0.39, 0.29) is 17.3 Å². The molecule has 29 heavy (non-hydrogen) atoms. The highest BCUT2D eigenvalue weighted by molar-refractivity contribution is 5.96. The number of carbonyl (C=O) groups is 2. The number of carbonyl (C=O) groups excluding carboxylic acids is 2. The van der Waals surface area contributed by atoms with Crippen molar-refractivity contribution in [2.75, 3.05) is 24.4 Å². The maximum Gasteiger partial charge on any atom is 0.271 e. The molecule has 3 rings (SSSR count). The number of nitrogens with two attached hydrogens (primary N) is 2. The summed E-state index contributed by atoms with van der Waals surface area (Å²) in [6.45, 7) is 0.337. The van der Waals surface area contributed by atoms with Crippen molar-refractivity contribution in [2.45, 2.75) is 12.5 Å². The van der Waals surface area contributed by atoms with Crippen LogP contribution in [0.3, 0.4) is 0 Å². The average molecular weight is 395 g/mol. The van der Waals surface area contributed by atoms with Gasteiger partial charge < -0.3 is 26.8 Å². The number of rotatable bonds is 9. The van der Waals surface area contributed by atoms with Crippen molar-refractivity contribution in [2.24, 2.45) is 11.5 Å². The molecule has 1 unspecified atom stereocenters. The Kier molecular flexibility index (Phi) is 6.15. The second-order valence-electron chi connectivity index (χ2n) is 6.23. The minimum absolute atomic E-state index is 0.0330. The number of hydrogen-bond acceptors (Lipinski definition) is 8. The number of fused-ring (bicyclic) bond motifs is 1. The highest BCUT2D eigenvalue weighted by Gasteiger charge is 2.18. The van der Waals surface area contributed by atoms with Crippen LogP contribution in [0.1, 0.15) is 16.9 Å². The second-order valence-corrected chi connectivity index (χ2v) is 6.23. The highest BCUT2D eigenvalue weighted by Crippen LogP contribution is 2.23. The van der Waals surface area contributed by atoms with E-state index in [1.54, 1.807) is 12.3 Å². The monoisotopic (exact) mass is 395 g/mol. The van der Waals surface area contributed by atoms with E-state index in [1.807, 2.05) is 24.3 Å². The smallest absolute Gasteiger partial charge is 0.271 e. The topological polar surface area (TPSA) is 158 Å². The Morgan fingerprint density at radius 3 is 2.76 bits per heavy atom. The van der Waals surface area contributed by atoms with Crippen molar-refractivity contribution in [3.05, 3.63) is 48.4 Å². The van der Waals surface area contributed by atoms with Crippen LogP contribution in [-0.2, 0) is 9.53 Å². The van der Waals surface area contributed by atoms with Crippen LogP contribution < -0.4 is 22.1 Å². The molecule has 0 saturated heterocycles. The summed E-state index contributed by atoms with van der Waals surface area (Å²) >= 11 is 0. The summed E-state index contributed by atoms with van der Waals surface area (Å²) in [5.41, 5.74) is 12.3. The number of anilines is 3. The third kappa shape index (κ3) is 4.93. The van der Waals surface area contributed by atoms with Crippen LogP contribution in [0.25, 0.3) is 10.9 Å². The van der Waals surface area contributed by atoms with Crippen LogP contribution in [0, 0.1) is 0 Å². The number of methoxy groups -OCH3 is 1. The Morgan fingerprint density at radius 2 is 2.03 bits per heavy atom. The minimum Gasteiger partial charge on any atom is -0.385 e. The third-order valence-electron chi connectivity index (χ3n) is 4.15. The predicted molar refractivity (Wildman–Crippen MR) is 109 cm³/mol. The fraction of sp³-hybridized carbons (Fsp3) is 0.211. The van der Waals surface area contributed by atoms with E-state index >= 15 is 0 Å². The molecule has 10 heteroatoms. The standard InChI is InChI=1S/C19H21N7O3/c1-29-8-6-14(17(20)27)25-15-10-23-16(18(21)28)19(26-15)24-12-4-5-13-11(9-12)3-2-7-22-13/h2-5,7,9-10,14H,6,8H2,1H3,(H2,20,27)(H2,21,28)(H2,24,25,26). The van der Waals surface area contributed by atoms with Gasteiger partial charge in [0.25, 0.3) is 5.91 Å². The first-order chi connectivity index (χ1) is 14.0. The van der Waals surface area contributed by atoms with Crippen LogP contribution in [0.2, 0.25) is 0 Å². The lowest BCUT2D eigenvalue weighted by atomic mass is 10.2. The number of aromatic nitrogens is 3. The molecule has 0 aliphatic heterocycles. The van der Waals surface area contributed by atoms with E-state index in [9.17, 15) is 9.59 Å². The molecule has 3 aromatic rings. The van der Waals surface area contributed by atoms with Gasteiger partial charge in [-0.3, -0.25) is 14.6 Å². The van der Waals surface area contributed by atoms with Gasteiger partial charge in [-0.25, -0.2) is 9.97 Å². The van der Waals surface area contributed by atoms with Crippen molar-refractivity contribution in [1.82, 2.24) is 15.0 Å². The van der Waals surface area contributed by atoms with Gasteiger partial charge in [0, 0.05) is 31.0 Å². The molecular formula is C19H21N7O3. The molecule has 1 atom stereocenters. The first kappa shape index (κ1) is 20.0. The van der Waals surface area contributed by atoms with E-state index in [1.165, 1.54) is 13.3 Å². The lowest BCUT2D eigenvalue weighted by Crippen LogP contribution is -2.36. The van der Waals surface area contributed by atoms with Gasteiger partial charge in [0.15, 0.2) is 11.5 Å². The molecule has 2 aromatic heterocycles. The molecule has 0 fully saturated rings. The summed E-state index contributed by atoms with van der Waals surface area (Å²) in [7, 11) is 1.53. The zero-order chi connectivity index (χ0) is 20.8. The lowest BCUT2D eigenvalue weighted by Gasteiger charge is -2.17. The number of nitrogens with zero attached hydrogens (tertiary/aromatic N) is 3. The van der Waals surface area contributed by atoms with Crippen molar-refractivity contribution < 1.29 is 14.3 Å². The normalized spacial score (nSPS) is 11.8. The summed E-state index contributed by atoms with van der Waals surface area (Å²) in [6, 6.07) is 8.54. The molecule has 10 nitrogen and oxygen atoms in total. The number of nitrogens with one attached hydrogen (secondary N) is 2. The molecule has 2 heterocycles. The van der Waals surface area contributed by atoms with E-state index in [0.29, 0.717) is 18.7 Å². The summed E-state index contributed by atoms with van der Waals surface area (Å²) in [4.78, 5) is 36.1. The molecule has 2 amide bonds. The fourth-order valence-electron chi connectivity index (χ4n) is 2.72. The molecule has 0 bridgehead atoms. The van der Waals surface area contributed by atoms with Crippen LogP contribution >= 0.6 is 0 Å². The van der Waals surface area contributed by atoms with E-state index in [4.69, 9.17) is 16.2 Å². The van der Waals surface area contributed by atoms with Crippen LogP contribution in [0.4, 0.5) is 17.3 Å². The first-order valence-corrected chi connectivity index (χ1v) is 8.81. The van der Waals surface area contributed by atoms with Gasteiger partial charge >= 0.3 is 0 Å². The van der Waals surface area contributed by atoms with Gasteiger partial charge in [0.1, 0.15) is 11.9 Å². The van der Waals surface area contributed by atoms with Crippen molar-refractivity contribution >= 4 is 40.0 Å². The number of pyridine rings is 1. The molecular weight excluding hydrogens is 374 g/mol. The van der Waals surface area contributed by atoms with E-state index < -0.39 is 17.9 Å². The van der Waals surface area contributed by atoms with Gasteiger partial charge in [-0.05, 0) is 30.7 Å². The number of amides is 2. The zero-order valence-corrected chi connectivity index (χ0v) is 15.8. The summed E-state index contributed by atoms with van der Waals surface area (Å²) in [5, 5.41) is 6.86. The quantitative estimate of drug-likeness (QED) is 0.420. The SMILES string of the molecule is COCCC(Nc1cnc(C(N)=O)c(Nc2ccc3ncccc3c2)n1)C(N)=O. The van der Waals surface area contributed by atoms with E-state index in [0.717, 1.165) is 10.9 Å². The van der Waals surface area contributed by atoms with Crippen molar-refractivity contribution in [1.29, 1.82) is 0 Å². The molecule has 6 N–H and O–H groups in total. The fourth-order valence-corrected chi connectivity index (χ4v) is 2.72. The summed E-state index contributed by atoms with van der Waals surface area (Å²) in [5.74, 6) is -0.875. The number of ether oxygens (including phenoxy) is 1. The number of benzene rings is 1. The van der Waals surface area contributed by atoms with Gasteiger partial charge in [0.05, 0.1) is 11.7 Å². The van der Waals surface area contributed by atoms with Crippen LogP contribution in [0.15, 0.2) is 42.7 Å². The van der Waals surface area contributed by atoms with Gasteiger partial charge in [-0.2, -0.15) is 0 Å². The third-order valence-corrected chi connectivity index (χ3v) is 4.15. The maximum atomic E-state index is 11.8. The molecule has 0 saturated carbocycles. The Hall–Kier alpha value is -3.79. The van der Waals surface area contributed by atoms with Gasteiger partial charge in [-0.1, -0.05) is 6.07 Å². The Labute approximate surface area is 166 Å². The minimum atomic E-state index is -0.736. The Balaban J connectivity index is 1.89. The average Bonchev–Trinajstić information content (AvgIpc) is 2.70. The van der Waals surface area contributed by atoms with Crippen molar-refractivity contribution in [3.8, 4) is 0 Å². The molecule has 0 aliphatic rings. The van der Waals surface area contributed by atoms with Crippen LogP contribution in [0.5, 0.6) is 0 Å². The zero-order valence-electron chi connectivity index (χ0n) is 15.8. The second kappa shape index (κ2) is 8.93. The maximum absolute atomic E-state index is 11.8. The number of hydrogen-bond donors (Lipinski definition) is 4. The number of primary amides is 2. The summed E-state index contributed by atoms with van der Waals surface area (Å²) < 4.78 is 4.99. The predicted octanol–water partition coefficient (Wildman–Crippen LogP) is 1.17. The largest absolute Gasteiger partial charge is 0.385 e. The van der Waals surface area contributed by atoms with Gasteiger partial charge in [-0.15, -0.1) is 0 Å². The Bertz CT molecular complexity index is 1040.